The highest BCUT2D eigenvalue weighted by atomic mass is 14.1. The van der Waals surface area contributed by atoms with Crippen molar-refractivity contribution in [2.45, 2.75) is 0 Å². The van der Waals surface area contributed by atoms with Crippen LogP contribution in [-0.2, 0) is 0 Å². The van der Waals surface area contributed by atoms with Crippen molar-refractivity contribution < 1.29 is 0 Å². The molecule has 0 N–H and O–H groups in total. The lowest BCUT2D eigenvalue weighted by Crippen LogP contribution is -2.74. The van der Waals surface area contributed by atoms with E-state index in [0.717, 1.165) is 0 Å². The van der Waals surface area contributed by atoms with Crippen molar-refractivity contribution in [3.8, 4) is 11.1 Å². The minimum absolute atomic E-state index is 1.21. The molecule has 238 valence electrons. The van der Waals surface area contributed by atoms with E-state index in [9.17, 15) is 0 Å². The molecule has 0 aliphatic heterocycles. The molecule has 0 aliphatic rings. The van der Waals surface area contributed by atoms with Crippen LogP contribution in [0.4, 0.5) is 0 Å². The Morgan fingerprint density at radius 1 is 0.160 bits per heavy atom. The van der Waals surface area contributed by atoms with Crippen molar-refractivity contribution in [1.29, 1.82) is 0 Å². The number of rotatable bonds is 9. The van der Waals surface area contributed by atoms with E-state index in [1.807, 2.05) is 0 Å². The number of hydrogen-bond acceptors (Lipinski definition) is 0. The highest BCUT2D eigenvalue weighted by Crippen LogP contribution is 2.20. The van der Waals surface area contributed by atoms with E-state index in [1.165, 1.54) is 54.8 Å². The van der Waals surface area contributed by atoms with Crippen molar-refractivity contribution in [1.82, 2.24) is 0 Å². The fourth-order valence-electron chi connectivity index (χ4n) is 8.69. The second-order valence-electron chi connectivity index (χ2n) is 13.4. The molecule has 0 fully saturated rings. The highest BCUT2D eigenvalue weighted by molar-refractivity contribution is 7.20. The fraction of sp³-hybridized carbons (Fsp3) is 0. The summed E-state index contributed by atoms with van der Waals surface area (Å²) in [7, 11) is 0. The van der Waals surface area contributed by atoms with Crippen molar-refractivity contribution in [3.63, 3.8) is 0 Å². The Morgan fingerprint density at radius 2 is 0.320 bits per heavy atom. The minimum atomic E-state index is -1.41. The first-order valence-corrected chi connectivity index (χ1v) is 17.7. The van der Waals surface area contributed by atoms with Gasteiger partial charge in [0.25, 0.3) is 0 Å². The molecule has 0 saturated carbocycles. The molecule has 0 atom stereocenters. The van der Waals surface area contributed by atoms with Crippen LogP contribution >= 0.6 is 0 Å². The summed E-state index contributed by atoms with van der Waals surface area (Å²) in [5, 5.41) is 0. The Morgan fingerprint density at radius 3 is 0.500 bits per heavy atom. The molecule has 0 aromatic heterocycles. The summed E-state index contributed by atoms with van der Waals surface area (Å²) >= 11 is 0. The molecule has 0 aliphatic carbocycles. The lowest BCUT2D eigenvalue weighted by molar-refractivity contribution is 1.62. The maximum Gasteiger partial charge on any atom is 0.108 e. The molecule has 2 heteroatoms. The molecular formula is C48H38B2-2. The van der Waals surface area contributed by atoms with Crippen LogP contribution in [0.25, 0.3) is 11.1 Å². The van der Waals surface area contributed by atoms with E-state index in [4.69, 9.17) is 0 Å². The van der Waals surface area contributed by atoms with Gasteiger partial charge in [0.2, 0.25) is 0 Å². The van der Waals surface area contributed by atoms with Crippen LogP contribution in [0.15, 0.2) is 231 Å². The van der Waals surface area contributed by atoms with Gasteiger partial charge in [-0.25, -0.2) is 0 Å². The lowest BCUT2D eigenvalue weighted by atomic mass is 9.13. The standard InChI is InChI=1S/C48H38B2/c1-7-19-41(20-8-1)49(42-21-9-2-10-22-42,43-23-11-3-12-24-43)47-35-31-39(32-36-47)40-33-37-48(38-34-40)50(44-25-13-4-14-26-44,45-27-15-5-16-28-45)46-29-17-6-18-30-46/h1-38H/q-2. The Kier molecular flexibility index (Phi) is 8.59. The predicted molar refractivity (Wildman–Crippen MR) is 219 cm³/mol. The molecule has 8 aromatic rings. The third-order valence-electron chi connectivity index (χ3n) is 11.0. The molecule has 50 heavy (non-hydrogen) atoms. The van der Waals surface area contributed by atoms with Gasteiger partial charge in [-0.2, -0.15) is 43.7 Å². The average Bonchev–Trinajstić information content (AvgIpc) is 3.22. The van der Waals surface area contributed by atoms with Gasteiger partial charge in [-0.15, -0.1) is 0 Å². The van der Waals surface area contributed by atoms with Crippen molar-refractivity contribution in [3.05, 3.63) is 231 Å². The maximum atomic E-state index is 2.35. The molecule has 0 heterocycles. The third kappa shape index (κ3) is 5.40. The van der Waals surface area contributed by atoms with Crippen LogP contribution in [0.5, 0.6) is 0 Å². The number of hydrogen-bond donors (Lipinski definition) is 0. The van der Waals surface area contributed by atoms with Gasteiger partial charge in [0, 0.05) is 0 Å². The first kappa shape index (κ1) is 31.2. The largest absolute Gasteiger partial charge is 0.195 e. The van der Waals surface area contributed by atoms with Crippen molar-refractivity contribution in [2.75, 3.05) is 0 Å². The smallest absolute Gasteiger partial charge is 0.108 e. The summed E-state index contributed by atoms with van der Waals surface area (Å²) in [5.41, 5.74) is 12.9. The Hall–Kier alpha value is -6.11. The zero-order valence-corrected chi connectivity index (χ0v) is 28.1. The van der Waals surface area contributed by atoms with Gasteiger partial charge in [-0.1, -0.05) is 231 Å². The lowest BCUT2D eigenvalue weighted by Gasteiger charge is -2.44. The molecule has 0 bridgehead atoms. The fourth-order valence-corrected chi connectivity index (χ4v) is 8.69. The summed E-state index contributed by atoms with van der Waals surface area (Å²) in [4.78, 5) is 0. The monoisotopic (exact) mass is 636 g/mol. The molecule has 0 radical (unpaired) electrons. The first-order chi connectivity index (χ1) is 24.8. The summed E-state index contributed by atoms with van der Waals surface area (Å²) < 4.78 is 0. The van der Waals surface area contributed by atoms with E-state index in [0.29, 0.717) is 0 Å². The van der Waals surface area contributed by atoms with Crippen LogP contribution in [0.1, 0.15) is 0 Å². The van der Waals surface area contributed by atoms with E-state index < -0.39 is 12.3 Å². The molecule has 8 aromatic carbocycles. The zero-order chi connectivity index (χ0) is 33.6. The molecule has 0 amide bonds. The van der Waals surface area contributed by atoms with Gasteiger partial charge in [0.05, 0.1) is 0 Å². The van der Waals surface area contributed by atoms with Crippen LogP contribution in [0, 0.1) is 0 Å². The van der Waals surface area contributed by atoms with Gasteiger partial charge in [0.15, 0.2) is 0 Å². The van der Waals surface area contributed by atoms with Crippen LogP contribution in [0.2, 0.25) is 0 Å². The van der Waals surface area contributed by atoms with E-state index in [-0.39, 0.29) is 0 Å². The van der Waals surface area contributed by atoms with Gasteiger partial charge >= 0.3 is 0 Å². The SMILES string of the molecule is c1ccc([B-](c2ccccc2)(c2ccccc2)c2ccc(-c3ccc([B-](c4ccccc4)(c4ccccc4)c4ccccc4)cc3)cc2)cc1. The van der Waals surface area contributed by atoms with Crippen LogP contribution in [0.3, 0.4) is 0 Å². The molecule has 0 spiro atoms. The summed E-state index contributed by atoms with van der Waals surface area (Å²) in [5.74, 6) is 0. The third-order valence-corrected chi connectivity index (χ3v) is 11.0. The zero-order valence-electron chi connectivity index (χ0n) is 28.1. The molecule has 0 unspecified atom stereocenters. The topological polar surface area (TPSA) is 0 Å². The second-order valence-corrected chi connectivity index (χ2v) is 13.4. The Labute approximate surface area is 296 Å². The van der Waals surface area contributed by atoms with Crippen molar-refractivity contribution in [2.24, 2.45) is 0 Å². The molecular weight excluding hydrogens is 598 g/mol. The van der Waals surface area contributed by atoms with Crippen LogP contribution < -0.4 is 43.7 Å². The second kappa shape index (κ2) is 13.8. The van der Waals surface area contributed by atoms with Crippen LogP contribution in [-0.4, -0.2) is 12.3 Å². The van der Waals surface area contributed by atoms with E-state index in [1.54, 1.807) is 0 Å². The normalized spacial score (nSPS) is 11.6. The summed E-state index contributed by atoms with van der Waals surface area (Å²) in [6, 6.07) is 84.6. The Balaban J connectivity index is 1.25. The van der Waals surface area contributed by atoms with E-state index >= 15 is 0 Å². The van der Waals surface area contributed by atoms with Crippen molar-refractivity contribution >= 4 is 56.0 Å². The number of benzene rings is 8. The predicted octanol–water partition coefficient (Wildman–Crippen LogP) is 6.11. The first-order valence-electron chi connectivity index (χ1n) is 17.7. The summed E-state index contributed by atoms with van der Waals surface area (Å²) in [6.07, 6.45) is -2.82. The molecule has 0 nitrogen and oxygen atoms in total. The van der Waals surface area contributed by atoms with E-state index in [2.05, 4.69) is 231 Å². The Bertz CT molecular complexity index is 1890. The summed E-state index contributed by atoms with van der Waals surface area (Å²) in [6.45, 7) is 0. The minimum Gasteiger partial charge on any atom is -0.195 e. The molecule has 0 saturated heterocycles. The maximum absolute atomic E-state index is 2.35. The van der Waals surface area contributed by atoms with Gasteiger partial charge < -0.3 is 0 Å². The molecule has 8 rings (SSSR count). The highest BCUT2D eigenvalue weighted by Gasteiger charge is 2.32. The quantitative estimate of drug-likeness (QED) is 0.168. The van der Waals surface area contributed by atoms with Gasteiger partial charge in [-0.05, 0) is 11.1 Å². The van der Waals surface area contributed by atoms with Gasteiger partial charge in [-0.3, -0.25) is 0 Å². The van der Waals surface area contributed by atoms with Gasteiger partial charge in [0.1, 0.15) is 12.3 Å². The average molecular weight is 636 g/mol.